The Labute approximate surface area is 96.9 Å². The molecule has 0 aromatic heterocycles. The first-order valence-corrected chi connectivity index (χ1v) is 5.90. The van der Waals surface area contributed by atoms with Gasteiger partial charge in [0.1, 0.15) is 6.61 Å². The normalized spacial score (nSPS) is 19.8. The lowest BCUT2D eigenvalue weighted by Gasteiger charge is -2.24. The van der Waals surface area contributed by atoms with Crippen molar-refractivity contribution in [3.8, 4) is 0 Å². The van der Waals surface area contributed by atoms with E-state index in [-0.39, 0.29) is 5.91 Å². The number of nitrogens with zero attached hydrogens (tertiary/aromatic N) is 1. The summed E-state index contributed by atoms with van der Waals surface area (Å²) < 4.78 is 4.74. The monoisotopic (exact) mass is 227 g/mol. The first kappa shape index (κ1) is 13.0. The third-order valence-electron chi connectivity index (χ3n) is 3.51. The van der Waals surface area contributed by atoms with Crippen molar-refractivity contribution in [3.05, 3.63) is 0 Å². The highest BCUT2D eigenvalue weighted by Gasteiger charge is 2.30. The van der Waals surface area contributed by atoms with Crippen LogP contribution in [0.3, 0.4) is 0 Å². The lowest BCUT2D eigenvalue weighted by molar-refractivity contribution is -0.129. The van der Waals surface area contributed by atoms with E-state index in [9.17, 15) is 9.59 Å². The number of hydrogen-bond acceptors (Lipinski definition) is 3. The number of carbonyl (C=O) groups is 2. The largest absolute Gasteiger partial charge is 0.447 e. The van der Waals surface area contributed by atoms with Crippen molar-refractivity contribution in [2.45, 2.75) is 34.1 Å². The van der Waals surface area contributed by atoms with E-state index in [0.717, 1.165) is 0 Å². The predicted molar refractivity (Wildman–Crippen MR) is 60.8 cm³/mol. The highest BCUT2D eigenvalue weighted by atomic mass is 16.6. The average Bonchev–Trinajstić information content (AvgIpc) is 2.62. The number of imide groups is 1. The van der Waals surface area contributed by atoms with Crippen molar-refractivity contribution in [1.82, 2.24) is 4.90 Å². The number of hydrogen-bond donors (Lipinski definition) is 0. The molecule has 2 amide bonds. The highest BCUT2D eigenvalue weighted by Crippen LogP contribution is 2.24. The summed E-state index contributed by atoms with van der Waals surface area (Å²) in [4.78, 5) is 24.2. The molecule has 1 aliphatic rings. The summed E-state index contributed by atoms with van der Waals surface area (Å²) >= 11 is 0. The topological polar surface area (TPSA) is 46.6 Å². The van der Waals surface area contributed by atoms with Gasteiger partial charge in [0.05, 0.1) is 6.54 Å². The quantitative estimate of drug-likeness (QED) is 0.740. The van der Waals surface area contributed by atoms with Gasteiger partial charge in [-0.25, -0.2) is 9.69 Å². The van der Waals surface area contributed by atoms with Gasteiger partial charge in [0, 0.05) is 6.42 Å². The van der Waals surface area contributed by atoms with Crippen LogP contribution in [0.4, 0.5) is 4.79 Å². The summed E-state index contributed by atoms with van der Waals surface area (Å²) in [5.41, 5.74) is 0. The van der Waals surface area contributed by atoms with Crippen LogP contribution in [-0.2, 0) is 9.53 Å². The molecule has 1 heterocycles. The van der Waals surface area contributed by atoms with Crippen molar-refractivity contribution < 1.29 is 14.3 Å². The fraction of sp³-hybridized carbons (Fsp3) is 0.833. The summed E-state index contributed by atoms with van der Waals surface area (Å²) in [6.07, 6.45) is -0.0662. The van der Waals surface area contributed by atoms with Gasteiger partial charge in [-0.15, -0.1) is 0 Å². The van der Waals surface area contributed by atoms with Crippen LogP contribution in [0.1, 0.15) is 34.1 Å². The van der Waals surface area contributed by atoms with E-state index >= 15 is 0 Å². The number of ether oxygens (including phenoxy) is 1. The third kappa shape index (κ3) is 2.97. The SMILES string of the molecule is CC(C)[C@@H](C)[C@H](C)CC(=O)N1CCOC1=O. The second-order valence-electron chi connectivity index (χ2n) is 4.94. The standard InChI is InChI=1S/C12H21NO3/c1-8(2)10(4)9(3)7-11(14)13-5-6-16-12(13)15/h8-10H,5-7H2,1-4H3/t9-,10-/m1/s1. The zero-order chi connectivity index (χ0) is 12.3. The van der Waals surface area contributed by atoms with Gasteiger partial charge >= 0.3 is 6.09 Å². The molecule has 1 fully saturated rings. The smallest absolute Gasteiger partial charge is 0.416 e. The van der Waals surface area contributed by atoms with Gasteiger partial charge in [0.25, 0.3) is 0 Å². The lowest BCUT2D eigenvalue weighted by Crippen LogP contribution is -2.33. The summed E-state index contributed by atoms with van der Waals surface area (Å²) in [5, 5.41) is 0. The van der Waals surface area contributed by atoms with Gasteiger partial charge in [0.15, 0.2) is 0 Å². The van der Waals surface area contributed by atoms with Gasteiger partial charge < -0.3 is 4.74 Å². The van der Waals surface area contributed by atoms with E-state index < -0.39 is 6.09 Å². The maximum Gasteiger partial charge on any atom is 0.416 e. The Bertz CT molecular complexity index is 275. The van der Waals surface area contributed by atoms with Gasteiger partial charge in [-0.2, -0.15) is 0 Å². The van der Waals surface area contributed by atoms with Crippen LogP contribution in [-0.4, -0.2) is 30.1 Å². The fourth-order valence-corrected chi connectivity index (χ4v) is 1.85. The fourth-order valence-electron chi connectivity index (χ4n) is 1.85. The van der Waals surface area contributed by atoms with Gasteiger partial charge in [-0.1, -0.05) is 27.7 Å². The average molecular weight is 227 g/mol. The van der Waals surface area contributed by atoms with E-state index in [1.807, 2.05) is 0 Å². The second kappa shape index (κ2) is 5.32. The number of amides is 2. The maximum absolute atomic E-state index is 11.8. The first-order chi connectivity index (χ1) is 7.43. The molecule has 1 saturated heterocycles. The van der Waals surface area contributed by atoms with Crippen LogP contribution < -0.4 is 0 Å². The van der Waals surface area contributed by atoms with Crippen molar-refractivity contribution in [2.24, 2.45) is 17.8 Å². The van der Waals surface area contributed by atoms with Crippen molar-refractivity contribution in [3.63, 3.8) is 0 Å². The van der Waals surface area contributed by atoms with Crippen molar-refractivity contribution in [2.75, 3.05) is 13.2 Å². The Kier molecular flexibility index (Phi) is 4.33. The minimum Gasteiger partial charge on any atom is -0.447 e. The second-order valence-corrected chi connectivity index (χ2v) is 4.94. The molecule has 0 aromatic rings. The van der Waals surface area contributed by atoms with E-state index in [4.69, 9.17) is 4.74 Å². The Morgan fingerprint density at radius 2 is 2.00 bits per heavy atom. The molecule has 92 valence electrons. The maximum atomic E-state index is 11.8. The molecular weight excluding hydrogens is 206 g/mol. The Morgan fingerprint density at radius 3 is 2.44 bits per heavy atom. The summed E-state index contributed by atoms with van der Waals surface area (Å²) in [7, 11) is 0. The molecule has 0 radical (unpaired) electrons. The zero-order valence-electron chi connectivity index (χ0n) is 10.5. The van der Waals surface area contributed by atoms with Crippen LogP contribution >= 0.6 is 0 Å². The van der Waals surface area contributed by atoms with E-state index in [2.05, 4.69) is 27.7 Å². The third-order valence-corrected chi connectivity index (χ3v) is 3.51. The summed E-state index contributed by atoms with van der Waals surface area (Å²) in [6, 6.07) is 0. The molecule has 2 atom stereocenters. The molecule has 1 rings (SSSR count). The molecular formula is C12H21NO3. The molecule has 0 aliphatic carbocycles. The van der Waals surface area contributed by atoms with Crippen molar-refractivity contribution in [1.29, 1.82) is 0 Å². The lowest BCUT2D eigenvalue weighted by atomic mass is 9.84. The Morgan fingerprint density at radius 1 is 1.38 bits per heavy atom. The van der Waals surface area contributed by atoms with Crippen LogP contribution in [0.5, 0.6) is 0 Å². The summed E-state index contributed by atoms with van der Waals surface area (Å²) in [5.74, 6) is 1.21. The van der Waals surface area contributed by atoms with E-state index in [1.165, 1.54) is 4.90 Å². The number of carbonyl (C=O) groups excluding carboxylic acids is 2. The molecule has 0 spiro atoms. The van der Waals surface area contributed by atoms with E-state index in [0.29, 0.717) is 37.3 Å². The van der Waals surface area contributed by atoms with Gasteiger partial charge in [-0.3, -0.25) is 4.79 Å². The molecule has 4 nitrogen and oxygen atoms in total. The predicted octanol–water partition coefficient (Wildman–Crippen LogP) is 2.28. The molecule has 1 aliphatic heterocycles. The molecule has 0 bridgehead atoms. The minimum absolute atomic E-state index is 0.109. The van der Waals surface area contributed by atoms with Crippen LogP contribution in [0.2, 0.25) is 0 Å². The molecule has 0 aromatic carbocycles. The molecule has 16 heavy (non-hydrogen) atoms. The molecule has 4 heteroatoms. The zero-order valence-corrected chi connectivity index (χ0v) is 10.5. The number of rotatable bonds is 4. The Balaban J connectivity index is 2.47. The van der Waals surface area contributed by atoms with Crippen LogP contribution in [0.25, 0.3) is 0 Å². The van der Waals surface area contributed by atoms with E-state index in [1.54, 1.807) is 0 Å². The van der Waals surface area contributed by atoms with Gasteiger partial charge in [0.2, 0.25) is 5.91 Å². The first-order valence-electron chi connectivity index (χ1n) is 5.90. The summed E-state index contributed by atoms with van der Waals surface area (Å²) in [6.45, 7) is 9.24. The van der Waals surface area contributed by atoms with Crippen LogP contribution in [0, 0.1) is 17.8 Å². The number of cyclic esters (lactones) is 1. The molecule has 0 saturated carbocycles. The highest BCUT2D eigenvalue weighted by molar-refractivity contribution is 5.93. The van der Waals surface area contributed by atoms with Crippen molar-refractivity contribution >= 4 is 12.0 Å². The van der Waals surface area contributed by atoms with Gasteiger partial charge in [-0.05, 0) is 17.8 Å². The Hall–Kier alpha value is -1.06. The minimum atomic E-state index is -0.491. The molecule has 0 N–H and O–H groups in total. The van der Waals surface area contributed by atoms with Crippen LogP contribution in [0.15, 0.2) is 0 Å². The molecule has 0 unspecified atom stereocenters.